The zero-order valence-corrected chi connectivity index (χ0v) is 10.4. The Bertz CT molecular complexity index is 127. The maximum absolute atomic E-state index is 2.50. The van der Waals surface area contributed by atoms with Gasteiger partial charge in [0.1, 0.15) is 0 Å². The Labute approximate surface area is 90.0 Å². The van der Waals surface area contributed by atoms with Crippen molar-refractivity contribution in [2.24, 2.45) is 11.8 Å². The fourth-order valence-corrected chi connectivity index (χ4v) is 2.46. The second-order valence-corrected chi connectivity index (χ2v) is 5.15. The average molecular weight is 281 g/mol. The molecule has 2 unspecified atom stereocenters. The molecule has 12 heavy (non-hydrogen) atoms. The van der Waals surface area contributed by atoms with Crippen LogP contribution in [0.15, 0.2) is 0 Å². The molecule has 1 aliphatic heterocycles. The summed E-state index contributed by atoms with van der Waals surface area (Å²) in [5, 5.41) is 0. The zero-order chi connectivity index (χ0) is 8.97. The molecule has 1 aliphatic rings. The van der Waals surface area contributed by atoms with Crippen molar-refractivity contribution in [3.05, 3.63) is 0 Å². The highest BCUT2D eigenvalue weighted by atomic mass is 127. The lowest BCUT2D eigenvalue weighted by Gasteiger charge is -2.30. The van der Waals surface area contributed by atoms with Crippen LogP contribution < -0.4 is 0 Å². The van der Waals surface area contributed by atoms with Crippen LogP contribution in [0.4, 0.5) is 0 Å². The molecule has 0 aromatic rings. The topological polar surface area (TPSA) is 3.24 Å². The summed E-state index contributed by atoms with van der Waals surface area (Å²) in [5.74, 6) is 1.90. The summed E-state index contributed by atoms with van der Waals surface area (Å²) in [7, 11) is 2.25. The van der Waals surface area contributed by atoms with Crippen molar-refractivity contribution < 1.29 is 0 Å². The third-order valence-corrected chi connectivity index (χ3v) is 4.22. The Balaban J connectivity index is 2.22. The Kier molecular flexibility index (Phi) is 4.87. The largest absolute Gasteiger partial charge is 0.306 e. The molecule has 0 spiro atoms. The second kappa shape index (κ2) is 5.43. The van der Waals surface area contributed by atoms with Gasteiger partial charge in [0.25, 0.3) is 0 Å². The predicted molar refractivity (Wildman–Crippen MR) is 62.9 cm³/mol. The zero-order valence-electron chi connectivity index (χ0n) is 8.22. The molecule has 2 heteroatoms. The number of halogens is 1. The van der Waals surface area contributed by atoms with E-state index in [1.165, 1.54) is 36.8 Å². The van der Waals surface area contributed by atoms with Crippen LogP contribution in [0.5, 0.6) is 0 Å². The lowest BCUT2D eigenvalue weighted by atomic mass is 9.90. The molecule has 0 bridgehead atoms. The minimum absolute atomic E-state index is 0.919. The van der Waals surface area contributed by atoms with Gasteiger partial charge in [-0.3, -0.25) is 0 Å². The summed E-state index contributed by atoms with van der Waals surface area (Å²) in [6.45, 7) is 5.02. The third kappa shape index (κ3) is 3.60. The summed E-state index contributed by atoms with van der Waals surface area (Å²) in [5.41, 5.74) is 0. The van der Waals surface area contributed by atoms with E-state index in [0.29, 0.717) is 0 Å². The summed E-state index contributed by atoms with van der Waals surface area (Å²) in [4.78, 5) is 2.48. The molecule has 0 saturated carbocycles. The Morgan fingerprint density at radius 1 is 1.58 bits per heavy atom. The third-order valence-electron chi connectivity index (χ3n) is 2.72. The van der Waals surface area contributed by atoms with Crippen molar-refractivity contribution in [2.75, 3.05) is 24.6 Å². The molecule has 0 aromatic heterocycles. The quantitative estimate of drug-likeness (QED) is 0.568. The molecule has 1 fully saturated rings. The fourth-order valence-electron chi connectivity index (χ4n) is 2.10. The van der Waals surface area contributed by atoms with Crippen molar-refractivity contribution in [2.45, 2.75) is 26.2 Å². The Morgan fingerprint density at radius 2 is 2.33 bits per heavy atom. The van der Waals surface area contributed by atoms with Crippen molar-refractivity contribution in [3.8, 4) is 0 Å². The maximum Gasteiger partial charge on any atom is 0.00211 e. The van der Waals surface area contributed by atoms with Gasteiger partial charge in [0, 0.05) is 11.0 Å². The first-order valence-corrected chi connectivity index (χ1v) is 6.49. The molecule has 0 N–H and O–H groups in total. The van der Waals surface area contributed by atoms with E-state index in [0.717, 1.165) is 11.8 Å². The van der Waals surface area contributed by atoms with Gasteiger partial charge >= 0.3 is 0 Å². The molecule has 0 aliphatic carbocycles. The SMILES string of the molecule is CC(CI)CC1CCCN(C)C1. The molecule has 72 valence electrons. The molecule has 1 saturated heterocycles. The van der Waals surface area contributed by atoms with E-state index in [4.69, 9.17) is 0 Å². The Hall–Kier alpha value is 0.690. The molecular formula is C10H20IN. The average Bonchev–Trinajstić information content (AvgIpc) is 2.04. The number of alkyl halides is 1. The van der Waals surface area contributed by atoms with Gasteiger partial charge in [-0.1, -0.05) is 29.5 Å². The van der Waals surface area contributed by atoms with E-state index in [1.807, 2.05) is 0 Å². The first-order valence-electron chi connectivity index (χ1n) is 4.97. The molecule has 1 heterocycles. The normalized spacial score (nSPS) is 28.8. The molecule has 0 aromatic carbocycles. The number of likely N-dealkylation sites (tertiary alicyclic amines) is 1. The van der Waals surface area contributed by atoms with Gasteiger partial charge in [-0.05, 0) is 44.7 Å². The fraction of sp³-hybridized carbons (Fsp3) is 1.00. The molecule has 1 rings (SSSR count). The van der Waals surface area contributed by atoms with Crippen molar-refractivity contribution in [1.29, 1.82) is 0 Å². The Morgan fingerprint density at radius 3 is 2.92 bits per heavy atom. The summed E-state index contributed by atoms with van der Waals surface area (Å²) in [6.07, 6.45) is 4.31. The number of piperidine rings is 1. The molecule has 2 atom stereocenters. The minimum Gasteiger partial charge on any atom is -0.306 e. The second-order valence-electron chi connectivity index (χ2n) is 4.27. The van der Waals surface area contributed by atoms with Crippen LogP contribution in [0.25, 0.3) is 0 Å². The van der Waals surface area contributed by atoms with Crippen molar-refractivity contribution >= 4 is 22.6 Å². The van der Waals surface area contributed by atoms with Crippen LogP contribution in [-0.4, -0.2) is 29.5 Å². The van der Waals surface area contributed by atoms with E-state index in [2.05, 4.69) is 41.5 Å². The summed E-state index contributed by atoms with van der Waals surface area (Å²) in [6, 6.07) is 0. The number of nitrogens with zero attached hydrogens (tertiary/aromatic N) is 1. The van der Waals surface area contributed by atoms with Crippen LogP contribution in [0.3, 0.4) is 0 Å². The number of hydrogen-bond donors (Lipinski definition) is 0. The van der Waals surface area contributed by atoms with Crippen LogP contribution in [0, 0.1) is 11.8 Å². The lowest BCUT2D eigenvalue weighted by molar-refractivity contribution is 0.191. The lowest BCUT2D eigenvalue weighted by Crippen LogP contribution is -2.32. The van der Waals surface area contributed by atoms with Crippen LogP contribution >= 0.6 is 22.6 Å². The smallest absolute Gasteiger partial charge is 0.00211 e. The highest BCUT2D eigenvalue weighted by molar-refractivity contribution is 14.1. The highest BCUT2D eigenvalue weighted by Gasteiger charge is 2.18. The predicted octanol–water partition coefficient (Wildman–Crippen LogP) is 2.79. The molecule has 1 nitrogen and oxygen atoms in total. The van der Waals surface area contributed by atoms with E-state index >= 15 is 0 Å². The highest BCUT2D eigenvalue weighted by Crippen LogP contribution is 2.23. The van der Waals surface area contributed by atoms with Crippen LogP contribution in [-0.2, 0) is 0 Å². The molecule has 0 amide bonds. The van der Waals surface area contributed by atoms with Gasteiger partial charge < -0.3 is 4.90 Å². The van der Waals surface area contributed by atoms with E-state index in [1.54, 1.807) is 0 Å². The monoisotopic (exact) mass is 281 g/mol. The van der Waals surface area contributed by atoms with Crippen LogP contribution in [0.2, 0.25) is 0 Å². The van der Waals surface area contributed by atoms with Gasteiger partial charge in [-0.15, -0.1) is 0 Å². The first-order chi connectivity index (χ1) is 5.72. The summed E-state index contributed by atoms with van der Waals surface area (Å²) < 4.78 is 1.32. The van der Waals surface area contributed by atoms with E-state index in [-0.39, 0.29) is 0 Å². The van der Waals surface area contributed by atoms with Crippen LogP contribution in [0.1, 0.15) is 26.2 Å². The minimum atomic E-state index is 0.919. The van der Waals surface area contributed by atoms with Gasteiger partial charge in [0.15, 0.2) is 0 Å². The van der Waals surface area contributed by atoms with Gasteiger partial charge in [-0.25, -0.2) is 0 Å². The summed E-state index contributed by atoms with van der Waals surface area (Å²) >= 11 is 2.50. The standard InChI is InChI=1S/C10H20IN/c1-9(7-11)6-10-4-3-5-12(2)8-10/h9-10H,3-8H2,1-2H3. The molecular weight excluding hydrogens is 261 g/mol. The van der Waals surface area contributed by atoms with Gasteiger partial charge in [-0.2, -0.15) is 0 Å². The van der Waals surface area contributed by atoms with E-state index < -0.39 is 0 Å². The number of hydrogen-bond acceptors (Lipinski definition) is 1. The van der Waals surface area contributed by atoms with Crippen molar-refractivity contribution in [1.82, 2.24) is 4.90 Å². The first kappa shape index (κ1) is 10.8. The van der Waals surface area contributed by atoms with Gasteiger partial charge in [0.2, 0.25) is 0 Å². The van der Waals surface area contributed by atoms with Gasteiger partial charge in [0.05, 0.1) is 0 Å². The number of rotatable bonds is 3. The maximum atomic E-state index is 2.50. The molecule has 0 radical (unpaired) electrons. The van der Waals surface area contributed by atoms with E-state index in [9.17, 15) is 0 Å². The van der Waals surface area contributed by atoms with Crippen molar-refractivity contribution in [3.63, 3.8) is 0 Å².